The lowest BCUT2D eigenvalue weighted by Crippen LogP contribution is -2.22. The van der Waals surface area contributed by atoms with Crippen molar-refractivity contribution in [1.82, 2.24) is 9.80 Å². The number of carbonyl (C=O) groups is 1. The van der Waals surface area contributed by atoms with Gasteiger partial charge in [-0.3, -0.25) is 4.79 Å². The van der Waals surface area contributed by atoms with Crippen molar-refractivity contribution in [2.75, 3.05) is 59.1 Å². The van der Waals surface area contributed by atoms with Crippen LogP contribution in [0.4, 0.5) is 0 Å². The van der Waals surface area contributed by atoms with Gasteiger partial charge in [0.05, 0.1) is 25.4 Å². The van der Waals surface area contributed by atoms with Gasteiger partial charge in [-0.05, 0) is 89.8 Å². The Labute approximate surface area is 209 Å². The van der Waals surface area contributed by atoms with Gasteiger partial charge in [0.1, 0.15) is 17.2 Å². The SMILES string of the molecule is CCOc1ccc(OCCCN2CCCC2)c2c1-c1c(OCCCN3CCCC3)cccc1C2=O. The summed E-state index contributed by atoms with van der Waals surface area (Å²) in [7, 11) is 0. The van der Waals surface area contributed by atoms with Crippen LogP contribution in [-0.2, 0) is 0 Å². The molecule has 2 aliphatic heterocycles. The van der Waals surface area contributed by atoms with Gasteiger partial charge in [-0.25, -0.2) is 0 Å². The maximum atomic E-state index is 13.6. The van der Waals surface area contributed by atoms with Crippen molar-refractivity contribution in [3.05, 3.63) is 41.5 Å². The van der Waals surface area contributed by atoms with Crippen molar-refractivity contribution in [3.63, 3.8) is 0 Å². The first-order valence-corrected chi connectivity index (χ1v) is 13.4. The van der Waals surface area contributed by atoms with Gasteiger partial charge >= 0.3 is 0 Å². The zero-order valence-electron chi connectivity index (χ0n) is 21.0. The maximum absolute atomic E-state index is 13.6. The van der Waals surface area contributed by atoms with Gasteiger partial charge in [0.15, 0.2) is 5.78 Å². The average Bonchev–Trinajstić information content (AvgIpc) is 3.63. The van der Waals surface area contributed by atoms with Crippen LogP contribution in [0.3, 0.4) is 0 Å². The Bertz CT molecular complexity index is 1030. The van der Waals surface area contributed by atoms with E-state index in [1.165, 1.54) is 51.9 Å². The molecule has 0 spiro atoms. The second-order valence-corrected chi connectivity index (χ2v) is 9.75. The molecule has 0 atom stereocenters. The predicted octanol–water partition coefficient (Wildman–Crippen LogP) is 5.03. The third-order valence-electron chi connectivity index (χ3n) is 7.33. The van der Waals surface area contributed by atoms with Crippen LogP contribution in [0, 0.1) is 0 Å². The minimum atomic E-state index is -0.00591. The first-order chi connectivity index (χ1) is 17.3. The molecule has 188 valence electrons. The molecule has 2 aromatic carbocycles. The zero-order valence-corrected chi connectivity index (χ0v) is 21.0. The van der Waals surface area contributed by atoms with Crippen LogP contribution in [0.2, 0.25) is 0 Å². The number of ether oxygens (including phenoxy) is 3. The molecule has 0 bridgehead atoms. The quantitative estimate of drug-likeness (QED) is 0.341. The number of carbonyl (C=O) groups excluding carboxylic acids is 1. The predicted molar refractivity (Wildman–Crippen MR) is 138 cm³/mol. The number of rotatable bonds is 12. The van der Waals surface area contributed by atoms with Crippen LogP contribution in [-0.4, -0.2) is 74.7 Å². The van der Waals surface area contributed by atoms with E-state index in [4.69, 9.17) is 14.2 Å². The second kappa shape index (κ2) is 11.4. The first-order valence-electron chi connectivity index (χ1n) is 13.4. The highest BCUT2D eigenvalue weighted by atomic mass is 16.5. The topological polar surface area (TPSA) is 51.2 Å². The number of hydrogen-bond acceptors (Lipinski definition) is 6. The minimum absolute atomic E-state index is 0.00591. The van der Waals surface area contributed by atoms with E-state index in [0.717, 1.165) is 42.8 Å². The van der Waals surface area contributed by atoms with Crippen LogP contribution in [0.15, 0.2) is 30.3 Å². The molecule has 5 rings (SSSR count). The van der Waals surface area contributed by atoms with E-state index in [-0.39, 0.29) is 5.78 Å². The Morgan fingerprint density at radius 3 is 1.80 bits per heavy atom. The molecule has 2 saturated heterocycles. The smallest absolute Gasteiger partial charge is 0.198 e. The highest BCUT2D eigenvalue weighted by Gasteiger charge is 2.35. The molecule has 2 fully saturated rings. The summed E-state index contributed by atoms with van der Waals surface area (Å²) < 4.78 is 18.4. The lowest BCUT2D eigenvalue weighted by atomic mass is 10.0. The van der Waals surface area contributed by atoms with E-state index >= 15 is 0 Å². The van der Waals surface area contributed by atoms with E-state index in [0.29, 0.717) is 42.4 Å². The molecule has 0 unspecified atom stereocenters. The largest absolute Gasteiger partial charge is 0.493 e. The summed E-state index contributed by atoms with van der Waals surface area (Å²) >= 11 is 0. The number of ketones is 1. The Hall–Kier alpha value is -2.57. The fraction of sp³-hybridized carbons (Fsp3) is 0.552. The second-order valence-electron chi connectivity index (χ2n) is 9.75. The Morgan fingerprint density at radius 2 is 1.23 bits per heavy atom. The summed E-state index contributed by atoms with van der Waals surface area (Å²) in [5.41, 5.74) is 2.95. The zero-order chi connectivity index (χ0) is 24.0. The van der Waals surface area contributed by atoms with Crippen LogP contribution in [0.1, 0.15) is 61.4 Å². The standard InChI is InChI=1S/C29H38N2O4/c1-2-33-24-12-13-25(35-21-9-19-31-16-5-6-17-31)28-27(24)26-22(29(28)32)10-7-11-23(26)34-20-8-18-30-14-3-4-15-30/h7,10-13H,2-6,8-9,14-21H2,1H3. The van der Waals surface area contributed by atoms with Crippen LogP contribution in [0.5, 0.6) is 17.2 Å². The van der Waals surface area contributed by atoms with E-state index in [1.807, 2.05) is 37.3 Å². The Balaban J connectivity index is 1.33. The van der Waals surface area contributed by atoms with Gasteiger partial charge in [0, 0.05) is 29.8 Å². The summed E-state index contributed by atoms with van der Waals surface area (Å²) in [5, 5.41) is 0. The third-order valence-corrected chi connectivity index (χ3v) is 7.33. The number of fused-ring (bicyclic) bond motifs is 3. The molecule has 0 radical (unpaired) electrons. The molecule has 0 amide bonds. The third kappa shape index (κ3) is 5.34. The molecule has 0 aromatic heterocycles. The van der Waals surface area contributed by atoms with Gasteiger partial charge in [-0.15, -0.1) is 0 Å². The summed E-state index contributed by atoms with van der Waals surface area (Å²) in [5.74, 6) is 2.11. The normalized spacial score (nSPS) is 17.6. The van der Waals surface area contributed by atoms with Crippen molar-refractivity contribution in [2.45, 2.75) is 45.4 Å². The first kappa shape index (κ1) is 24.1. The van der Waals surface area contributed by atoms with Gasteiger partial charge < -0.3 is 24.0 Å². The lowest BCUT2D eigenvalue weighted by Gasteiger charge is -2.18. The van der Waals surface area contributed by atoms with Gasteiger partial charge in [-0.1, -0.05) is 12.1 Å². The molecule has 0 saturated carbocycles. The van der Waals surface area contributed by atoms with E-state index in [1.54, 1.807) is 0 Å². The number of nitrogens with zero attached hydrogens (tertiary/aromatic N) is 2. The Kier molecular flexibility index (Phi) is 7.89. The molecule has 35 heavy (non-hydrogen) atoms. The number of hydrogen-bond donors (Lipinski definition) is 0. The molecule has 0 N–H and O–H groups in total. The fourth-order valence-electron chi connectivity index (χ4n) is 5.62. The highest BCUT2D eigenvalue weighted by Crippen LogP contribution is 2.50. The van der Waals surface area contributed by atoms with E-state index in [2.05, 4.69) is 9.80 Å². The fourth-order valence-corrected chi connectivity index (χ4v) is 5.62. The number of benzene rings is 2. The molecule has 3 aliphatic rings. The molecule has 6 heteroatoms. The highest BCUT2D eigenvalue weighted by molar-refractivity contribution is 6.25. The van der Waals surface area contributed by atoms with Crippen molar-refractivity contribution in [3.8, 4) is 28.4 Å². The number of likely N-dealkylation sites (tertiary alicyclic amines) is 2. The molecular weight excluding hydrogens is 440 g/mol. The van der Waals surface area contributed by atoms with Gasteiger partial charge in [-0.2, -0.15) is 0 Å². The van der Waals surface area contributed by atoms with Crippen LogP contribution >= 0.6 is 0 Å². The molecule has 2 heterocycles. The molecule has 1 aliphatic carbocycles. The maximum Gasteiger partial charge on any atom is 0.198 e. The van der Waals surface area contributed by atoms with Crippen molar-refractivity contribution in [1.29, 1.82) is 0 Å². The van der Waals surface area contributed by atoms with Crippen LogP contribution < -0.4 is 14.2 Å². The van der Waals surface area contributed by atoms with Crippen LogP contribution in [0.25, 0.3) is 11.1 Å². The van der Waals surface area contributed by atoms with Crippen molar-refractivity contribution in [2.24, 2.45) is 0 Å². The molecule has 2 aromatic rings. The Morgan fingerprint density at radius 1 is 0.686 bits per heavy atom. The molecule has 6 nitrogen and oxygen atoms in total. The molecular formula is C29H38N2O4. The lowest BCUT2D eigenvalue weighted by molar-refractivity contribution is 0.103. The van der Waals surface area contributed by atoms with Crippen molar-refractivity contribution < 1.29 is 19.0 Å². The average molecular weight is 479 g/mol. The summed E-state index contributed by atoms with van der Waals surface area (Å²) in [6, 6.07) is 9.60. The summed E-state index contributed by atoms with van der Waals surface area (Å²) in [6.45, 7) is 10.6. The minimum Gasteiger partial charge on any atom is -0.493 e. The van der Waals surface area contributed by atoms with Crippen molar-refractivity contribution >= 4 is 5.78 Å². The monoisotopic (exact) mass is 478 g/mol. The van der Waals surface area contributed by atoms with E-state index < -0.39 is 0 Å². The summed E-state index contributed by atoms with van der Waals surface area (Å²) in [4.78, 5) is 18.5. The van der Waals surface area contributed by atoms with E-state index in [9.17, 15) is 4.79 Å². The van der Waals surface area contributed by atoms with Gasteiger partial charge in [0.2, 0.25) is 0 Å². The van der Waals surface area contributed by atoms with Gasteiger partial charge in [0.25, 0.3) is 0 Å². The summed E-state index contributed by atoms with van der Waals surface area (Å²) in [6.07, 6.45) is 7.12.